The second kappa shape index (κ2) is 6.45. The van der Waals surface area contributed by atoms with Gasteiger partial charge in [0.1, 0.15) is 0 Å². The van der Waals surface area contributed by atoms with E-state index in [0.29, 0.717) is 0 Å². The Bertz CT molecular complexity index is 522. The molecule has 96 valence electrons. The molecule has 1 N–H and O–H groups in total. The molecule has 18 heavy (non-hydrogen) atoms. The normalized spacial score (nSPS) is 10.8. The smallest absolute Gasteiger partial charge is 0.0897 e. The molecule has 0 saturated carbocycles. The molecular weight excluding hydrogens is 308 g/mol. The lowest BCUT2D eigenvalue weighted by molar-refractivity contribution is 0.680. The van der Waals surface area contributed by atoms with Gasteiger partial charge in [-0.15, -0.1) is 11.3 Å². The van der Waals surface area contributed by atoms with Crippen LogP contribution in [-0.2, 0) is 13.0 Å². The highest BCUT2D eigenvalue weighted by Gasteiger charge is 1.99. The first-order chi connectivity index (χ1) is 8.65. The molecule has 1 aromatic heterocycles. The van der Waals surface area contributed by atoms with Crippen molar-refractivity contribution >= 4 is 27.3 Å². The monoisotopic (exact) mass is 324 g/mol. The van der Waals surface area contributed by atoms with Crippen molar-refractivity contribution in [1.82, 2.24) is 10.3 Å². The predicted molar refractivity (Wildman–Crippen MR) is 81.1 cm³/mol. The van der Waals surface area contributed by atoms with Gasteiger partial charge in [-0.2, -0.15) is 0 Å². The van der Waals surface area contributed by atoms with Crippen LogP contribution in [0.4, 0.5) is 0 Å². The minimum absolute atomic E-state index is 0.914. The fourth-order valence-corrected chi connectivity index (χ4v) is 2.68. The van der Waals surface area contributed by atoms with Crippen LogP contribution < -0.4 is 5.32 Å². The summed E-state index contributed by atoms with van der Waals surface area (Å²) in [5.74, 6) is 0. The molecule has 0 aliphatic carbocycles. The maximum absolute atomic E-state index is 4.45. The third-order valence-electron chi connectivity index (χ3n) is 2.78. The Morgan fingerprint density at radius 3 is 2.83 bits per heavy atom. The summed E-state index contributed by atoms with van der Waals surface area (Å²) in [5, 5.41) is 6.74. The molecule has 1 aromatic carbocycles. The number of nitrogens with one attached hydrogen (secondary N) is 1. The largest absolute Gasteiger partial charge is 0.312 e. The van der Waals surface area contributed by atoms with Gasteiger partial charge in [0.25, 0.3) is 0 Å². The second-order valence-electron chi connectivity index (χ2n) is 4.37. The first-order valence-electron chi connectivity index (χ1n) is 6.02. The lowest BCUT2D eigenvalue weighted by Crippen LogP contribution is -2.16. The molecule has 0 atom stereocenters. The highest BCUT2D eigenvalue weighted by Crippen LogP contribution is 2.16. The van der Waals surface area contributed by atoms with E-state index in [0.717, 1.165) is 24.5 Å². The highest BCUT2D eigenvalue weighted by atomic mass is 79.9. The number of hydrogen-bond donors (Lipinski definition) is 1. The zero-order chi connectivity index (χ0) is 13.0. The molecular formula is C14H17BrN2S. The van der Waals surface area contributed by atoms with E-state index in [1.54, 1.807) is 11.3 Å². The summed E-state index contributed by atoms with van der Waals surface area (Å²) in [5.41, 5.74) is 3.80. The Morgan fingerprint density at radius 1 is 1.33 bits per heavy atom. The number of benzene rings is 1. The van der Waals surface area contributed by atoms with E-state index >= 15 is 0 Å². The van der Waals surface area contributed by atoms with E-state index in [4.69, 9.17) is 0 Å². The predicted octanol–water partition coefficient (Wildman–Crippen LogP) is 3.85. The van der Waals surface area contributed by atoms with Crippen LogP contribution in [0.15, 0.2) is 28.1 Å². The molecule has 0 fully saturated rings. The number of aromatic nitrogens is 1. The van der Waals surface area contributed by atoms with Gasteiger partial charge in [-0.1, -0.05) is 28.1 Å². The Hall–Kier alpha value is -0.710. The molecule has 0 bridgehead atoms. The zero-order valence-corrected chi connectivity index (χ0v) is 13.1. The summed E-state index contributed by atoms with van der Waals surface area (Å²) in [6, 6.07) is 6.47. The van der Waals surface area contributed by atoms with Crippen molar-refractivity contribution in [2.45, 2.75) is 26.8 Å². The van der Waals surface area contributed by atoms with Crippen LogP contribution in [0.5, 0.6) is 0 Å². The third-order valence-corrected chi connectivity index (χ3v) is 4.49. The topological polar surface area (TPSA) is 24.9 Å². The molecule has 2 nitrogen and oxygen atoms in total. The van der Waals surface area contributed by atoms with E-state index in [1.807, 2.05) is 6.92 Å². The van der Waals surface area contributed by atoms with E-state index in [9.17, 15) is 0 Å². The minimum atomic E-state index is 0.914. The Morgan fingerprint density at radius 2 is 2.17 bits per heavy atom. The number of rotatable bonds is 5. The van der Waals surface area contributed by atoms with E-state index in [2.05, 4.69) is 56.7 Å². The summed E-state index contributed by atoms with van der Waals surface area (Å²) in [7, 11) is 0. The Labute approximate surface area is 121 Å². The first kappa shape index (κ1) is 13.7. The Kier molecular flexibility index (Phi) is 4.92. The molecule has 2 rings (SSSR count). The average molecular weight is 325 g/mol. The van der Waals surface area contributed by atoms with Crippen molar-refractivity contribution in [3.8, 4) is 0 Å². The second-order valence-corrected chi connectivity index (χ2v) is 6.28. The number of hydrogen-bond acceptors (Lipinski definition) is 3. The summed E-state index contributed by atoms with van der Waals surface area (Å²) >= 11 is 5.23. The fraction of sp³-hybridized carbons (Fsp3) is 0.357. The van der Waals surface area contributed by atoms with Crippen molar-refractivity contribution in [2.24, 2.45) is 0 Å². The van der Waals surface area contributed by atoms with Gasteiger partial charge >= 0.3 is 0 Å². The molecule has 0 radical (unpaired) electrons. The van der Waals surface area contributed by atoms with E-state index < -0.39 is 0 Å². The van der Waals surface area contributed by atoms with Gasteiger partial charge in [-0.05, 0) is 31.0 Å². The van der Waals surface area contributed by atoms with Crippen LogP contribution in [-0.4, -0.2) is 11.5 Å². The fourth-order valence-electron chi connectivity index (χ4n) is 1.79. The zero-order valence-electron chi connectivity index (χ0n) is 10.7. The third kappa shape index (κ3) is 3.90. The lowest BCUT2D eigenvalue weighted by atomic mass is 10.1. The summed E-state index contributed by atoms with van der Waals surface area (Å²) in [6.07, 6.45) is 1.000. The summed E-state index contributed by atoms with van der Waals surface area (Å²) in [4.78, 5) is 4.45. The van der Waals surface area contributed by atoms with Crippen molar-refractivity contribution in [3.63, 3.8) is 0 Å². The van der Waals surface area contributed by atoms with Crippen LogP contribution in [0.3, 0.4) is 0 Å². The van der Waals surface area contributed by atoms with Crippen molar-refractivity contribution in [1.29, 1.82) is 0 Å². The Balaban J connectivity index is 1.76. The van der Waals surface area contributed by atoms with Gasteiger partial charge in [0.2, 0.25) is 0 Å². The quantitative estimate of drug-likeness (QED) is 0.845. The van der Waals surface area contributed by atoms with E-state index in [1.165, 1.54) is 21.3 Å². The van der Waals surface area contributed by atoms with Crippen LogP contribution in [0, 0.1) is 13.8 Å². The SMILES string of the molecule is Cc1nc(CCNCc2ccc(Br)c(C)c2)cs1. The molecule has 0 amide bonds. The van der Waals surface area contributed by atoms with Crippen LogP contribution in [0.2, 0.25) is 0 Å². The van der Waals surface area contributed by atoms with Crippen molar-refractivity contribution < 1.29 is 0 Å². The molecule has 0 saturated heterocycles. The summed E-state index contributed by atoms with van der Waals surface area (Å²) < 4.78 is 1.17. The highest BCUT2D eigenvalue weighted by molar-refractivity contribution is 9.10. The molecule has 1 heterocycles. The lowest BCUT2D eigenvalue weighted by Gasteiger charge is -2.06. The molecule has 0 spiro atoms. The maximum Gasteiger partial charge on any atom is 0.0897 e. The van der Waals surface area contributed by atoms with Crippen molar-refractivity contribution in [3.05, 3.63) is 49.9 Å². The van der Waals surface area contributed by atoms with Gasteiger partial charge in [-0.25, -0.2) is 4.98 Å². The number of thiazole rings is 1. The van der Waals surface area contributed by atoms with Crippen LogP contribution >= 0.6 is 27.3 Å². The molecule has 4 heteroatoms. The van der Waals surface area contributed by atoms with Crippen molar-refractivity contribution in [2.75, 3.05) is 6.54 Å². The number of aryl methyl sites for hydroxylation is 2. The van der Waals surface area contributed by atoms with Crippen LogP contribution in [0.25, 0.3) is 0 Å². The molecule has 0 aliphatic heterocycles. The van der Waals surface area contributed by atoms with Gasteiger partial charge < -0.3 is 5.32 Å². The van der Waals surface area contributed by atoms with E-state index in [-0.39, 0.29) is 0 Å². The standard InChI is InChI=1S/C14H17BrN2S/c1-10-7-12(3-4-14(10)15)8-16-6-5-13-9-18-11(2)17-13/h3-4,7,9,16H,5-6,8H2,1-2H3. The van der Waals surface area contributed by atoms with Gasteiger partial charge in [0.05, 0.1) is 10.7 Å². The number of nitrogens with zero attached hydrogens (tertiary/aromatic N) is 1. The molecule has 2 aromatic rings. The van der Waals surface area contributed by atoms with Gasteiger partial charge in [0, 0.05) is 29.4 Å². The van der Waals surface area contributed by atoms with Gasteiger partial charge in [0.15, 0.2) is 0 Å². The molecule has 0 aliphatic rings. The average Bonchev–Trinajstić information content (AvgIpc) is 2.75. The maximum atomic E-state index is 4.45. The molecule has 0 unspecified atom stereocenters. The van der Waals surface area contributed by atoms with Crippen LogP contribution in [0.1, 0.15) is 21.8 Å². The summed E-state index contributed by atoms with van der Waals surface area (Å²) in [6.45, 7) is 6.05. The minimum Gasteiger partial charge on any atom is -0.312 e. The van der Waals surface area contributed by atoms with Gasteiger partial charge in [-0.3, -0.25) is 0 Å². The number of halogens is 1. The first-order valence-corrected chi connectivity index (χ1v) is 7.69.